The van der Waals surface area contributed by atoms with Crippen LogP contribution in [0.2, 0.25) is 0 Å². The second-order valence-corrected chi connectivity index (χ2v) is 8.21. The Morgan fingerprint density at radius 1 is 1.26 bits per heavy atom. The molecule has 160 valence electrons. The molecule has 0 radical (unpaired) electrons. The third-order valence-electron chi connectivity index (χ3n) is 4.82. The second-order valence-electron chi connectivity index (χ2n) is 7.17. The number of nitrogens with zero attached hydrogens (tertiary/aromatic N) is 2. The molecule has 0 aromatic carbocycles. The molecule has 1 amide bonds. The molecule has 0 bridgehead atoms. The highest BCUT2D eigenvalue weighted by molar-refractivity contribution is 7.09. The Hall–Kier alpha value is -3.46. The van der Waals surface area contributed by atoms with E-state index in [0.29, 0.717) is 29.1 Å². The number of pyridine rings is 1. The van der Waals surface area contributed by atoms with Crippen LogP contribution in [0.1, 0.15) is 39.4 Å². The van der Waals surface area contributed by atoms with E-state index in [-0.39, 0.29) is 17.2 Å². The van der Waals surface area contributed by atoms with E-state index in [1.54, 1.807) is 13.0 Å². The lowest BCUT2D eigenvalue weighted by Gasteiger charge is -2.14. The first-order valence-electron chi connectivity index (χ1n) is 9.69. The summed E-state index contributed by atoms with van der Waals surface area (Å²) in [6.07, 6.45) is -0.975. The highest BCUT2D eigenvalue weighted by atomic mass is 32.1. The van der Waals surface area contributed by atoms with Gasteiger partial charge in [0.15, 0.2) is 6.10 Å². The molecule has 0 aliphatic heterocycles. The van der Waals surface area contributed by atoms with Crippen molar-refractivity contribution in [1.82, 2.24) is 15.5 Å². The summed E-state index contributed by atoms with van der Waals surface area (Å²) in [5.41, 5.74) is 2.20. The van der Waals surface area contributed by atoms with Crippen molar-refractivity contribution in [3.63, 3.8) is 0 Å². The van der Waals surface area contributed by atoms with Crippen LogP contribution in [0.4, 0.5) is 0 Å². The predicted molar refractivity (Wildman–Crippen MR) is 115 cm³/mol. The molecular weight excluding hydrogens is 418 g/mol. The van der Waals surface area contributed by atoms with Crippen molar-refractivity contribution in [2.24, 2.45) is 0 Å². The molecule has 1 unspecified atom stereocenters. The van der Waals surface area contributed by atoms with E-state index in [9.17, 15) is 9.59 Å². The third-order valence-corrected chi connectivity index (χ3v) is 5.70. The molecule has 0 spiro atoms. The van der Waals surface area contributed by atoms with E-state index in [0.717, 1.165) is 16.2 Å². The van der Waals surface area contributed by atoms with E-state index in [1.807, 2.05) is 37.4 Å². The maximum atomic E-state index is 13.0. The average Bonchev–Trinajstić information content (AvgIpc) is 3.46. The molecule has 9 heteroatoms. The van der Waals surface area contributed by atoms with Crippen LogP contribution in [0, 0.1) is 20.8 Å². The minimum Gasteiger partial charge on any atom is -0.466 e. The summed E-state index contributed by atoms with van der Waals surface area (Å²) < 4.78 is 16.3. The maximum absolute atomic E-state index is 13.0. The summed E-state index contributed by atoms with van der Waals surface area (Å²) in [7, 11) is 0. The van der Waals surface area contributed by atoms with Crippen molar-refractivity contribution in [1.29, 1.82) is 0 Å². The van der Waals surface area contributed by atoms with Gasteiger partial charge >= 0.3 is 5.97 Å². The number of fused-ring (bicyclic) bond motifs is 1. The molecular formula is C22H21N3O5S. The molecule has 0 saturated carbocycles. The molecule has 4 heterocycles. The SMILES string of the molecule is Cc1cc(-c2cc(C(=O)OC(C)C(=O)NCc3cccs3)c3c(C)noc3n2)c(C)o1. The van der Waals surface area contributed by atoms with Crippen molar-refractivity contribution in [3.8, 4) is 11.3 Å². The summed E-state index contributed by atoms with van der Waals surface area (Å²) in [5.74, 6) is 0.358. The Bertz CT molecular complexity index is 1260. The van der Waals surface area contributed by atoms with Gasteiger partial charge in [-0.3, -0.25) is 4.79 Å². The third kappa shape index (κ3) is 4.22. The minimum absolute atomic E-state index is 0.218. The second kappa shape index (κ2) is 8.35. The fourth-order valence-electron chi connectivity index (χ4n) is 3.29. The molecule has 0 aliphatic rings. The summed E-state index contributed by atoms with van der Waals surface area (Å²) in [6, 6.07) is 7.28. The number of nitrogens with one attached hydrogen (secondary N) is 1. The van der Waals surface area contributed by atoms with E-state index in [4.69, 9.17) is 13.7 Å². The van der Waals surface area contributed by atoms with E-state index in [1.165, 1.54) is 18.3 Å². The molecule has 4 aromatic rings. The molecule has 1 N–H and O–H groups in total. The summed E-state index contributed by atoms with van der Waals surface area (Å²) in [6.45, 7) is 7.28. The number of rotatable bonds is 6. The van der Waals surface area contributed by atoms with Crippen molar-refractivity contribution in [2.45, 2.75) is 40.3 Å². The van der Waals surface area contributed by atoms with Gasteiger partial charge in [0.2, 0.25) is 0 Å². The lowest BCUT2D eigenvalue weighted by atomic mass is 10.1. The molecule has 0 saturated heterocycles. The first-order chi connectivity index (χ1) is 14.8. The van der Waals surface area contributed by atoms with Crippen LogP contribution in [0.5, 0.6) is 0 Å². The summed E-state index contributed by atoms with van der Waals surface area (Å²) >= 11 is 1.54. The number of aromatic nitrogens is 2. The minimum atomic E-state index is -0.975. The fraction of sp³-hybridized carbons (Fsp3) is 0.273. The highest BCUT2D eigenvalue weighted by Gasteiger charge is 2.25. The summed E-state index contributed by atoms with van der Waals surface area (Å²) in [4.78, 5) is 30.9. The van der Waals surface area contributed by atoms with E-state index < -0.39 is 12.1 Å². The number of carbonyl (C=O) groups excluding carboxylic acids is 2. The molecule has 4 aromatic heterocycles. The van der Waals surface area contributed by atoms with Gasteiger partial charge in [0.1, 0.15) is 11.5 Å². The molecule has 31 heavy (non-hydrogen) atoms. The first-order valence-corrected chi connectivity index (χ1v) is 10.6. The number of thiophene rings is 1. The van der Waals surface area contributed by atoms with Gasteiger partial charge in [-0.1, -0.05) is 11.2 Å². The largest absolute Gasteiger partial charge is 0.466 e. The molecule has 0 fully saturated rings. The lowest BCUT2D eigenvalue weighted by Crippen LogP contribution is -2.35. The zero-order valence-electron chi connectivity index (χ0n) is 17.5. The summed E-state index contributed by atoms with van der Waals surface area (Å²) in [5, 5.41) is 9.09. The number of hydrogen-bond acceptors (Lipinski definition) is 8. The molecule has 1 atom stereocenters. The standard InChI is InChI=1S/C22H21N3O5S/c1-11-8-16(13(3)28-11)18-9-17(19-12(2)25-30-21(19)24-18)22(27)29-14(4)20(26)23-10-15-6-5-7-31-15/h5-9,14H,10H2,1-4H3,(H,23,26). The first kappa shape index (κ1) is 20.8. The van der Waals surface area contributed by atoms with Crippen molar-refractivity contribution < 1.29 is 23.3 Å². The number of esters is 1. The fourth-order valence-corrected chi connectivity index (χ4v) is 3.93. The quantitative estimate of drug-likeness (QED) is 0.446. The zero-order chi connectivity index (χ0) is 22.1. The van der Waals surface area contributed by atoms with Crippen LogP contribution in [-0.2, 0) is 16.1 Å². The van der Waals surface area contributed by atoms with Crippen LogP contribution in [0.3, 0.4) is 0 Å². The monoisotopic (exact) mass is 439 g/mol. The van der Waals surface area contributed by atoms with E-state index >= 15 is 0 Å². The van der Waals surface area contributed by atoms with Gasteiger partial charge in [0.05, 0.1) is 28.9 Å². The van der Waals surface area contributed by atoms with Crippen molar-refractivity contribution in [2.75, 3.05) is 0 Å². The van der Waals surface area contributed by atoms with Crippen LogP contribution in [0.25, 0.3) is 22.4 Å². The maximum Gasteiger partial charge on any atom is 0.339 e. The molecule has 8 nitrogen and oxygen atoms in total. The molecule has 0 aliphatic carbocycles. The van der Waals surface area contributed by atoms with Gasteiger partial charge in [0.25, 0.3) is 11.6 Å². The number of hydrogen-bond donors (Lipinski definition) is 1. The van der Waals surface area contributed by atoms with Crippen LogP contribution in [0.15, 0.2) is 38.6 Å². The Morgan fingerprint density at radius 3 is 2.74 bits per heavy atom. The van der Waals surface area contributed by atoms with Gasteiger partial charge in [-0.25, -0.2) is 9.78 Å². The number of amides is 1. The average molecular weight is 439 g/mol. The van der Waals surface area contributed by atoms with Crippen LogP contribution < -0.4 is 5.32 Å². The number of ether oxygens (including phenoxy) is 1. The van der Waals surface area contributed by atoms with Gasteiger partial charge in [0, 0.05) is 10.4 Å². The van der Waals surface area contributed by atoms with Gasteiger partial charge in [-0.05, 0) is 51.3 Å². The normalized spacial score (nSPS) is 12.1. The Kier molecular flexibility index (Phi) is 5.60. The lowest BCUT2D eigenvalue weighted by molar-refractivity contribution is -0.129. The number of carbonyl (C=O) groups is 2. The topological polar surface area (TPSA) is 107 Å². The van der Waals surface area contributed by atoms with E-state index in [2.05, 4.69) is 15.5 Å². The Morgan fingerprint density at radius 2 is 2.06 bits per heavy atom. The van der Waals surface area contributed by atoms with Crippen molar-refractivity contribution >= 4 is 34.3 Å². The Balaban J connectivity index is 1.60. The number of furan rings is 1. The van der Waals surface area contributed by atoms with Gasteiger partial charge < -0.3 is 19.0 Å². The smallest absolute Gasteiger partial charge is 0.339 e. The van der Waals surface area contributed by atoms with Crippen LogP contribution in [-0.4, -0.2) is 28.1 Å². The van der Waals surface area contributed by atoms with Crippen LogP contribution >= 0.6 is 11.3 Å². The number of aryl methyl sites for hydroxylation is 3. The van der Waals surface area contributed by atoms with Gasteiger partial charge in [-0.15, -0.1) is 11.3 Å². The predicted octanol–water partition coefficient (Wildman–Crippen LogP) is 4.33. The Labute approximate surface area is 182 Å². The highest BCUT2D eigenvalue weighted by Crippen LogP contribution is 2.31. The molecule has 4 rings (SSSR count). The van der Waals surface area contributed by atoms with Crippen molar-refractivity contribution in [3.05, 3.63) is 57.3 Å². The zero-order valence-corrected chi connectivity index (χ0v) is 18.3. The van der Waals surface area contributed by atoms with Gasteiger partial charge in [-0.2, -0.15) is 0 Å².